The molecule has 0 radical (unpaired) electrons. The molecule has 32 heavy (non-hydrogen) atoms. The third kappa shape index (κ3) is 3.82. The van der Waals surface area contributed by atoms with E-state index in [1.807, 2.05) is 24.4 Å². The van der Waals surface area contributed by atoms with Crippen LogP contribution >= 0.6 is 0 Å². The SMILES string of the molecule is C/C(N)=C(/C=C(\N)NC=O)Nc1cccc(-c2cnn(C3=CCC34OCCO4)c2)c1C#N. The number of allylic oxidation sites excluding steroid dienone is 2. The van der Waals surface area contributed by atoms with Crippen molar-refractivity contribution in [1.82, 2.24) is 15.1 Å². The first-order chi connectivity index (χ1) is 15.5. The van der Waals surface area contributed by atoms with E-state index in [0.29, 0.717) is 54.3 Å². The number of carbonyl (C=O) groups is 1. The normalized spacial score (nSPS) is 17.8. The molecule has 10 heteroatoms. The van der Waals surface area contributed by atoms with Crippen LogP contribution in [-0.2, 0) is 14.3 Å². The molecule has 1 spiro atoms. The third-order valence-corrected chi connectivity index (χ3v) is 5.24. The van der Waals surface area contributed by atoms with Gasteiger partial charge in [-0.3, -0.25) is 4.79 Å². The Morgan fingerprint density at radius 2 is 2.12 bits per heavy atom. The summed E-state index contributed by atoms with van der Waals surface area (Å²) in [5, 5.41) is 19.8. The smallest absolute Gasteiger partial charge is 0.215 e. The fraction of sp³-hybridized carbons (Fsp3) is 0.227. The van der Waals surface area contributed by atoms with Gasteiger partial charge in [0.15, 0.2) is 0 Å². The molecule has 2 heterocycles. The quantitative estimate of drug-likeness (QED) is 0.379. The van der Waals surface area contributed by atoms with E-state index >= 15 is 0 Å². The first kappa shape index (κ1) is 21.2. The Bertz CT molecular complexity index is 1180. The van der Waals surface area contributed by atoms with Crippen molar-refractivity contribution in [3.05, 3.63) is 65.5 Å². The standard InChI is InChI=1S/C22H23N7O3/c1-14(24)19(9-21(25)26-13-30)28-18-4-2-3-16(17(18)10-23)15-11-27-29(12-15)20-5-6-22(20)31-7-8-32-22/h2-5,9,11-13,28H,6-8,24-25H2,1H3,(H,26,30)/b19-14+,21-9+. The lowest BCUT2D eigenvalue weighted by molar-refractivity contribution is -0.120. The Kier molecular flexibility index (Phi) is 5.68. The molecule has 2 aromatic rings. The zero-order chi connectivity index (χ0) is 22.7. The molecule has 10 nitrogen and oxygen atoms in total. The molecule has 4 rings (SSSR count). The second-order valence-corrected chi connectivity index (χ2v) is 7.34. The second-order valence-electron chi connectivity index (χ2n) is 7.34. The Balaban J connectivity index is 1.65. The van der Waals surface area contributed by atoms with E-state index in [2.05, 4.69) is 21.8 Å². The number of carbonyl (C=O) groups excluding carboxylic acids is 1. The van der Waals surface area contributed by atoms with Crippen molar-refractivity contribution in [3.8, 4) is 17.2 Å². The molecule has 0 unspecified atom stereocenters. The van der Waals surface area contributed by atoms with E-state index in [9.17, 15) is 10.1 Å². The topological polar surface area (TPSA) is 153 Å². The maximum atomic E-state index is 10.6. The van der Waals surface area contributed by atoms with Crippen LogP contribution in [0.4, 0.5) is 5.69 Å². The van der Waals surface area contributed by atoms with Gasteiger partial charge in [0.25, 0.3) is 0 Å². The molecular formula is C22H23N7O3. The van der Waals surface area contributed by atoms with Crippen molar-refractivity contribution in [2.45, 2.75) is 19.1 Å². The number of rotatable bonds is 7. The summed E-state index contributed by atoms with van der Waals surface area (Å²) in [4.78, 5) is 10.6. The number of nitrogens with zero attached hydrogens (tertiary/aromatic N) is 3. The first-order valence-corrected chi connectivity index (χ1v) is 9.95. The van der Waals surface area contributed by atoms with Gasteiger partial charge < -0.3 is 31.6 Å². The van der Waals surface area contributed by atoms with Gasteiger partial charge in [-0.2, -0.15) is 10.4 Å². The predicted molar refractivity (Wildman–Crippen MR) is 118 cm³/mol. The molecule has 1 amide bonds. The zero-order valence-electron chi connectivity index (χ0n) is 17.5. The lowest BCUT2D eigenvalue weighted by atomic mass is 9.97. The van der Waals surface area contributed by atoms with Crippen molar-refractivity contribution in [1.29, 1.82) is 5.26 Å². The van der Waals surface area contributed by atoms with Crippen LogP contribution in [0.25, 0.3) is 16.8 Å². The summed E-state index contributed by atoms with van der Waals surface area (Å²) in [5.74, 6) is -0.604. The average Bonchev–Trinajstić information content (AvgIpc) is 3.44. The Hall–Kier alpha value is -4.07. The number of hydrogen-bond donors (Lipinski definition) is 4. The van der Waals surface area contributed by atoms with Crippen molar-refractivity contribution in [2.75, 3.05) is 18.5 Å². The highest BCUT2D eigenvalue weighted by Crippen LogP contribution is 2.43. The van der Waals surface area contributed by atoms with Crippen molar-refractivity contribution in [3.63, 3.8) is 0 Å². The maximum Gasteiger partial charge on any atom is 0.215 e. The summed E-state index contributed by atoms with van der Waals surface area (Å²) < 4.78 is 13.2. The van der Waals surface area contributed by atoms with Gasteiger partial charge in [0.1, 0.15) is 11.9 Å². The fourth-order valence-electron chi connectivity index (χ4n) is 3.62. The maximum absolute atomic E-state index is 10.6. The van der Waals surface area contributed by atoms with E-state index in [1.54, 1.807) is 23.9 Å². The van der Waals surface area contributed by atoms with E-state index in [1.165, 1.54) is 6.08 Å². The van der Waals surface area contributed by atoms with Crippen LogP contribution in [0.1, 0.15) is 18.9 Å². The molecule has 2 aliphatic rings. The number of nitrogens with two attached hydrogens (primary N) is 2. The minimum absolute atomic E-state index is 0.113. The van der Waals surface area contributed by atoms with Crippen LogP contribution in [0.2, 0.25) is 0 Å². The number of amides is 1. The summed E-state index contributed by atoms with van der Waals surface area (Å²) in [6.07, 6.45) is 8.19. The summed E-state index contributed by atoms with van der Waals surface area (Å²) in [6.45, 7) is 2.79. The van der Waals surface area contributed by atoms with Crippen LogP contribution in [0.15, 0.2) is 60.0 Å². The largest absolute Gasteiger partial charge is 0.401 e. The van der Waals surface area contributed by atoms with Crippen LogP contribution in [0.5, 0.6) is 0 Å². The molecule has 1 aliphatic heterocycles. The number of aromatic nitrogens is 2. The monoisotopic (exact) mass is 433 g/mol. The minimum Gasteiger partial charge on any atom is -0.401 e. The van der Waals surface area contributed by atoms with Gasteiger partial charge in [-0.25, -0.2) is 4.68 Å². The Morgan fingerprint density at radius 3 is 2.75 bits per heavy atom. The van der Waals surface area contributed by atoms with Gasteiger partial charge >= 0.3 is 0 Å². The molecule has 0 saturated carbocycles. The Morgan fingerprint density at radius 1 is 1.34 bits per heavy atom. The third-order valence-electron chi connectivity index (χ3n) is 5.24. The van der Waals surface area contributed by atoms with Crippen LogP contribution < -0.4 is 22.1 Å². The van der Waals surface area contributed by atoms with Gasteiger partial charge in [-0.05, 0) is 13.0 Å². The number of hydrogen-bond acceptors (Lipinski definition) is 8. The van der Waals surface area contributed by atoms with Gasteiger partial charge in [-0.15, -0.1) is 0 Å². The van der Waals surface area contributed by atoms with Gasteiger partial charge in [-0.1, -0.05) is 18.2 Å². The molecule has 1 fully saturated rings. The first-order valence-electron chi connectivity index (χ1n) is 9.95. The molecular weight excluding hydrogens is 410 g/mol. The van der Waals surface area contributed by atoms with E-state index in [-0.39, 0.29) is 5.82 Å². The number of ether oxygens (including phenoxy) is 2. The lowest BCUT2D eigenvalue weighted by Gasteiger charge is -2.35. The molecule has 164 valence electrons. The lowest BCUT2D eigenvalue weighted by Crippen LogP contribution is -2.40. The highest BCUT2D eigenvalue weighted by Gasteiger charge is 2.47. The molecule has 6 N–H and O–H groups in total. The van der Waals surface area contributed by atoms with Gasteiger partial charge in [0.05, 0.1) is 42.1 Å². The summed E-state index contributed by atoms with van der Waals surface area (Å²) >= 11 is 0. The molecule has 1 aliphatic carbocycles. The minimum atomic E-state index is -0.717. The van der Waals surface area contributed by atoms with Gasteiger partial charge in [0.2, 0.25) is 12.2 Å². The van der Waals surface area contributed by atoms with E-state index < -0.39 is 5.79 Å². The van der Waals surface area contributed by atoms with Crippen LogP contribution in [0, 0.1) is 11.3 Å². The average molecular weight is 433 g/mol. The van der Waals surface area contributed by atoms with E-state index in [4.69, 9.17) is 20.9 Å². The molecule has 0 atom stereocenters. The second kappa shape index (κ2) is 8.58. The summed E-state index contributed by atoms with van der Waals surface area (Å²) in [6, 6.07) is 7.68. The van der Waals surface area contributed by atoms with Crippen LogP contribution in [-0.4, -0.2) is 35.2 Å². The Labute approximate surface area is 184 Å². The molecule has 1 saturated heterocycles. The molecule has 0 bridgehead atoms. The molecule has 1 aromatic carbocycles. The van der Waals surface area contributed by atoms with Crippen LogP contribution in [0.3, 0.4) is 0 Å². The summed E-state index contributed by atoms with van der Waals surface area (Å²) in [5.41, 5.74) is 15.8. The summed E-state index contributed by atoms with van der Waals surface area (Å²) in [7, 11) is 0. The highest BCUT2D eigenvalue weighted by molar-refractivity contribution is 5.79. The number of anilines is 1. The molecule has 1 aromatic heterocycles. The van der Waals surface area contributed by atoms with E-state index in [0.717, 1.165) is 11.3 Å². The van der Waals surface area contributed by atoms with Crippen molar-refractivity contribution < 1.29 is 14.3 Å². The zero-order valence-corrected chi connectivity index (χ0v) is 17.5. The number of nitrogens with one attached hydrogen (secondary N) is 2. The van der Waals surface area contributed by atoms with Crippen molar-refractivity contribution in [2.24, 2.45) is 11.5 Å². The predicted octanol–water partition coefficient (Wildman–Crippen LogP) is 1.56. The highest BCUT2D eigenvalue weighted by atomic mass is 16.7. The van der Waals surface area contributed by atoms with Gasteiger partial charge in [0, 0.05) is 35.5 Å². The van der Waals surface area contributed by atoms with Crippen molar-refractivity contribution >= 4 is 17.8 Å². The number of nitriles is 1. The fourth-order valence-corrected chi connectivity index (χ4v) is 3.62. The number of benzene rings is 1.